The normalized spacial score (nSPS) is 11.7. The van der Waals surface area contributed by atoms with Crippen molar-refractivity contribution >= 4 is 14.0 Å². The standard InChI is InChI=1S/C15H26O3Si/c1-4-12-16-19(17-13-5-2,18-14-6-3)15-10-8-7-9-11-15/h7-11H,4-6,12-14H2,1-3H3. The Balaban J connectivity index is 2.94. The van der Waals surface area contributed by atoms with Gasteiger partial charge in [-0.15, -0.1) is 0 Å². The van der Waals surface area contributed by atoms with Crippen LogP contribution >= 0.6 is 0 Å². The lowest BCUT2D eigenvalue weighted by atomic mass is 10.4. The topological polar surface area (TPSA) is 27.7 Å². The quantitative estimate of drug-likeness (QED) is 0.617. The van der Waals surface area contributed by atoms with Crippen LogP contribution in [0.3, 0.4) is 0 Å². The highest BCUT2D eigenvalue weighted by Crippen LogP contribution is 2.12. The molecule has 0 spiro atoms. The summed E-state index contributed by atoms with van der Waals surface area (Å²) in [5, 5.41) is 1.06. The van der Waals surface area contributed by atoms with Gasteiger partial charge in [0.05, 0.1) is 0 Å². The van der Waals surface area contributed by atoms with Crippen molar-refractivity contribution in [2.24, 2.45) is 0 Å². The van der Waals surface area contributed by atoms with Crippen molar-refractivity contribution in [1.82, 2.24) is 0 Å². The predicted octanol–water partition coefficient (Wildman–Crippen LogP) is 3.11. The van der Waals surface area contributed by atoms with Crippen molar-refractivity contribution in [3.05, 3.63) is 30.3 Å². The van der Waals surface area contributed by atoms with Crippen molar-refractivity contribution < 1.29 is 13.3 Å². The van der Waals surface area contributed by atoms with Crippen LogP contribution in [0.5, 0.6) is 0 Å². The third-order valence-electron chi connectivity index (χ3n) is 2.62. The molecule has 0 aliphatic heterocycles. The first-order valence-corrected chi connectivity index (χ1v) is 8.99. The molecule has 0 saturated heterocycles. The van der Waals surface area contributed by atoms with Crippen molar-refractivity contribution in [2.75, 3.05) is 19.8 Å². The van der Waals surface area contributed by atoms with Gasteiger partial charge in [0.2, 0.25) is 0 Å². The average molecular weight is 282 g/mol. The minimum Gasteiger partial charge on any atom is -0.370 e. The number of benzene rings is 1. The summed E-state index contributed by atoms with van der Waals surface area (Å²) in [5.74, 6) is 0. The minimum absolute atomic E-state index is 0.675. The molecule has 0 unspecified atom stereocenters. The van der Waals surface area contributed by atoms with Gasteiger partial charge < -0.3 is 13.3 Å². The van der Waals surface area contributed by atoms with Gasteiger partial charge in [-0.3, -0.25) is 0 Å². The summed E-state index contributed by atoms with van der Waals surface area (Å²) in [6.45, 7) is 8.33. The molecular formula is C15H26O3Si. The van der Waals surface area contributed by atoms with Crippen LogP contribution in [0.15, 0.2) is 30.3 Å². The first kappa shape index (κ1) is 16.4. The van der Waals surface area contributed by atoms with E-state index in [-0.39, 0.29) is 0 Å². The fraction of sp³-hybridized carbons (Fsp3) is 0.600. The molecule has 1 aromatic rings. The zero-order chi connectivity index (χ0) is 14.0. The maximum absolute atomic E-state index is 6.06. The monoisotopic (exact) mass is 282 g/mol. The number of hydrogen-bond donors (Lipinski definition) is 0. The molecular weight excluding hydrogens is 256 g/mol. The maximum Gasteiger partial charge on any atom is 0.537 e. The Morgan fingerprint density at radius 3 is 1.53 bits per heavy atom. The number of rotatable bonds is 10. The lowest BCUT2D eigenvalue weighted by Gasteiger charge is -2.29. The third-order valence-corrected chi connectivity index (χ3v) is 5.41. The Morgan fingerprint density at radius 1 is 0.737 bits per heavy atom. The van der Waals surface area contributed by atoms with Gasteiger partial charge in [-0.1, -0.05) is 51.1 Å². The van der Waals surface area contributed by atoms with Crippen LogP contribution in [0.4, 0.5) is 0 Å². The smallest absolute Gasteiger partial charge is 0.370 e. The second kappa shape index (κ2) is 9.26. The lowest BCUT2D eigenvalue weighted by Crippen LogP contribution is -2.57. The SMILES string of the molecule is CCCO[Si](OCCC)(OCCC)c1ccccc1. The molecule has 0 saturated carbocycles. The molecule has 0 atom stereocenters. The number of hydrogen-bond acceptors (Lipinski definition) is 3. The lowest BCUT2D eigenvalue weighted by molar-refractivity contribution is 0.0732. The van der Waals surface area contributed by atoms with Crippen LogP contribution < -0.4 is 5.19 Å². The van der Waals surface area contributed by atoms with Crippen molar-refractivity contribution in [3.8, 4) is 0 Å². The first-order valence-electron chi connectivity index (χ1n) is 7.26. The third kappa shape index (κ3) is 5.07. The molecule has 0 amide bonds. The first-order chi connectivity index (χ1) is 9.29. The predicted molar refractivity (Wildman–Crippen MR) is 80.6 cm³/mol. The second-order valence-corrected chi connectivity index (χ2v) is 7.02. The summed E-state index contributed by atoms with van der Waals surface area (Å²) in [5.41, 5.74) is 0. The van der Waals surface area contributed by atoms with Gasteiger partial charge in [0.25, 0.3) is 0 Å². The highest BCUT2D eigenvalue weighted by atomic mass is 28.4. The van der Waals surface area contributed by atoms with Gasteiger partial charge in [-0.25, -0.2) is 0 Å². The summed E-state index contributed by atoms with van der Waals surface area (Å²) in [7, 11) is -2.73. The molecule has 0 aliphatic rings. The van der Waals surface area contributed by atoms with Crippen LogP contribution in [0.2, 0.25) is 0 Å². The van der Waals surface area contributed by atoms with Crippen molar-refractivity contribution in [3.63, 3.8) is 0 Å². The molecule has 1 aromatic carbocycles. The van der Waals surface area contributed by atoms with Gasteiger partial charge in [-0.2, -0.15) is 0 Å². The highest BCUT2D eigenvalue weighted by Gasteiger charge is 2.43. The van der Waals surface area contributed by atoms with E-state index in [1.165, 1.54) is 0 Å². The molecule has 0 heterocycles. The average Bonchev–Trinajstić information content (AvgIpc) is 2.48. The zero-order valence-corrected chi connectivity index (χ0v) is 13.4. The zero-order valence-electron chi connectivity index (χ0n) is 12.4. The van der Waals surface area contributed by atoms with Gasteiger partial charge in [0.1, 0.15) is 0 Å². The second-order valence-electron chi connectivity index (χ2n) is 4.47. The van der Waals surface area contributed by atoms with Crippen molar-refractivity contribution in [2.45, 2.75) is 40.0 Å². The fourth-order valence-corrected chi connectivity index (χ4v) is 4.50. The van der Waals surface area contributed by atoms with E-state index in [1.807, 2.05) is 30.3 Å². The molecule has 3 nitrogen and oxygen atoms in total. The molecule has 19 heavy (non-hydrogen) atoms. The Bertz CT molecular complexity index is 308. The van der Waals surface area contributed by atoms with E-state index >= 15 is 0 Å². The Kier molecular flexibility index (Phi) is 7.98. The molecule has 0 N–H and O–H groups in total. The van der Waals surface area contributed by atoms with E-state index in [2.05, 4.69) is 20.8 Å². The molecule has 0 aromatic heterocycles. The maximum atomic E-state index is 6.06. The van der Waals surface area contributed by atoms with E-state index in [1.54, 1.807) is 0 Å². The molecule has 1 rings (SSSR count). The van der Waals surface area contributed by atoms with Crippen LogP contribution in [0.25, 0.3) is 0 Å². The Morgan fingerprint density at radius 2 is 1.16 bits per heavy atom. The van der Waals surface area contributed by atoms with E-state index in [9.17, 15) is 0 Å². The summed E-state index contributed by atoms with van der Waals surface area (Å²) >= 11 is 0. The van der Waals surface area contributed by atoms with E-state index in [0.29, 0.717) is 19.8 Å². The molecule has 4 heteroatoms. The van der Waals surface area contributed by atoms with Crippen LogP contribution in [0, 0.1) is 0 Å². The summed E-state index contributed by atoms with van der Waals surface area (Å²) in [4.78, 5) is 0. The van der Waals surface area contributed by atoms with Crippen molar-refractivity contribution in [1.29, 1.82) is 0 Å². The van der Waals surface area contributed by atoms with Crippen LogP contribution in [-0.2, 0) is 13.3 Å². The molecule has 0 fully saturated rings. The Hall–Kier alpha value is -0.683. The summed E-state index contributed by atoms with van der Waals surface area (Å²) in [6, 6.07) is 10.1. The minimum atomic E-state index is -2.73. The highest BCUT2D eigenvalue weighted by molar-refractivity contribution is 6.75. The largest absolute Gasteiger partial charge is 0.537 e. The van der Waals surface area contributed by atoms with E-state index in [4.69, 9.17) is 13.3 Å². The van der Waals surface area contributed by atoms with Gasteiger partial charge >= 0.3 is 8.80 Å². The molecule has 0 bridgehead atoms. The van der Waals surface area contributed by atoms with Gasteiger partial charge in [-0.05, 0) is 19.3 Å². The fourth-order valence-electron chi connectivity index (χ4n) is 1.73. The Labute approximate surface area is 118 Å². The summed E-state index contributed by atoms with van der Waals surface area (Å²) in [6.07, 6.45) is 2.89. The van der Waals surface area contributed by atoms with E-state index < -0.39 is 8.80 Å². The molecule has 108 valence electrons. The van der Waals surface area contributed by atoms with Crippen LogP contribution in [0.1, 0.15) is 40.0 Å². The summed E-state index contributed by atoms with van der Waals surface area (Å²) < 4.78 is 18.2. The van der Waals surface area contributed by atoms with Gasteiger partial charge in [0.15, 0.2) is 0 Å². The molecule has 0 radical (unpaired) electrons. The van der Waals surface area contributed by atoms with Gasteiger partial charge in [0, 0.05) is 25.0 Å². The van der Waals surface area contributed by atoms with Crippen LogP contribution in [-0.4, -0.2) is 28.6 Å². The van der Waals surface area contributed by atoms with E-state index in [0.717, 1.165) is 24.4 Å². The molecule has 0 aliphatic carbocycles.